The smallest absolute Gasteiger partial charge is 0.127 e. The van der Waals surface area contributed by atoms with E-state index in [-0.39, 0.29) is 5.38 Å². The molecule has 2 nitrogen and oxygen atoms in total. The zero-order chi connectivity index (χ0) is 13.4. The Bertz CT molecular complexity index is 555. The van der Waals surface area contributed by atoms with Crippen molar-refractivity contribution < 1.29 is 0 Å². The second-order valence-electron chi connectivity index (χ2n) is 5.38. The summed E-state index contributed by atoms with van der Waals surface area (Å²) in [5, 5.41) is -0.0713. The fourth-order valence-electron chi connectivity index (χ4n) is 2.28. The molecule has 1 heterocycles. The molecule has 1 aromatic heterocycles. The predicted octanol–water partition coefficient (Wildman–Crippen LogP) is 4.86. The van der Waals surface area contributed by atoms with Gasteiger partial charge in [0.2, 0.25) is 0 Å². The fourth-order valence-corrected chi connectivity index (χ4v) is 2.44. The first-order chi connectivity index (χ1) is 8.43. The molecule has 2 atom stereocenters. The largest absolute Gasteiger partial charge is 0.324 e. The zero-order valence-corrected chi connectivity index (χ0v) is 12.5. The van der Waals surface area contributed by atoms with Gasteiger partial charge in [0.05, 0.1) is 16.4 Å². The Morgan fingerprint density at radius 2 is 1.83 bits per heavy atom. The third-order valence-electron chi connectivity index (χ3n) is 3.68. The van der Waals surface area contributed by atoms with Crippen LogP contribution in [0, 0.1) is 12.8 Å². The molecule has 3 heteroatoms. The van der Waals surface area contributed by atoms with Gasteiger partial charge in [0.25, 0.3) is 0 Å². The van der Waals surface area contributed by atoms with E-state index in [0.717, 1.165) is 11.3 Å². The van der Waals surface area contributed by atoms with Crippen LogP contribution in [0.2, 0.25) is 0 Å². The first kappa shape index (κ1) is 13.4. The molecule has 0 aliphatic rings. The minimum atomic E-state index is -0.0713. The molecular weight excluding hydrogens is 244 g/mol. The summed E-state index contributed by atoms with van der Waals surface area (Å²) in [4.78, 5) is 4.75. The summed E-state index contributed by atoms with van der Waals surface area (Å²) in [6.07, 6.45) is 0. The van der Waals surface area contributed by atoms with Gasteiger partial charge in [-0.3, -0.25) is 0 Å². The number of aromatic nitrogens is 2. The van der Waals surface area contributed by atoms with Gasteiger partial charge in [-0.1, -0.05) is 26.0 Å². The van der Waals surface area contributed by atoms with Gasteiger partial charge in [-0.25, -0.2) is 4.98 Å². The number of para-hydroxylation sites is 1. The van der Waals surface area contributed by atoms with Gasteiger partial charge >= 0.3 is 0 Å². The molecule has 0 saturated heterocycles. The van der Waals surface area contributed by atoms with E-state index in [1.165, 1.54) is 11.1 Å². The highest BCUT2D eigenvalue weighted by Gasteiger charge is 2.21. The number of halogens is 1. The van der Waals surface area contributed by atoms with Gasteiger partial charge in [-0.2, -0.15) is 0 Å². The SMILES string of the molecule is Cc1cccc2c1nc(C(C)Cl)n2C(C)C(C)C. The number of hydrogen-bond donors (Lipinski definition) is 0. The van der Waals surface area contributed by atoms with Crippen molar-refractivity contribution in [3.63, 3.8) is 0 Å². The Morgan fingerprint density at radius 3 is 2.39 bits per heavy atom. The lowest BCUT2D eigenvalue weighted by Crippen LogP contribution is -2.14. The number of aryl methyl sites for hydroxylation is 1. The van der Waals surface area contributed by atoms with Crippen molar-refractivity contribution in [2.24, 2.45) is 5.92 Å². The van der Waals surface area contributed by atoms with Crippen molar-refractivity contribution >= 4 is 22.6 Å². The quantitative estimate of drug-likeness (QED) is 0.724. The lowest BCUT2D eigenvalue weighted by molar-refractivity contribution is 0.405. The summed E-state index contributed by atoms with van der Waals surface area (Å²) in [6, 6.07) is 6.72. The molecule has 0 aliphatic carbocycles. The van der Waals surface area contributed by atoms with E-state index in [2.05, 4.69) is 50.5 Å². The number of alkyl halides is 1. The molecular formula is C15H21ClN2. The van der Waals surface area contributed by atoms with Crippen LogP contribution in [0.5, 0.6) is 0 Å². The standard InChI is InChI=1S/C15H21ClN2/c1-9(2)12(5)18-13-8-6-7-10(3)14(13)17-15(18)11(4)16/h6-9,11-12H,1-5H3. The summed E-state index contributed by atoms with van der Waals surface area (Å²) >= 11 is 6.30. The first-order valence-electron chi connectivity index (χ1n) is 6.55. The first-order valence-corrected chi connectivity index (χ1v) is 6.98. The van der Waals surface area contributed by atoms with Crippen LogP contribution in [0.3, 0.4) is 0 Å². The molecule has 0 bridgehead atoms. The summed E-state index contributed by atoms with van der Waals surface area (Å²) in [5.74, 6) is 1.53. The van der Waals surface area contributed by atoms with Gasteiger partial charge in [0.1, 0.15) is 5.82 Å². The van der Waals surface area contributed by atoms with Crippen molar-refractivity contribution in [3.8, 4) is 0 Å². The lowest BCUT2D eigenvalue weighted by Gasteiger charge is -2.22. The molecule has 18 heavy (non-hydrogen) atoms. The topological polar surface area (TPSA) is 17.8 Å². The molecule has 0 N–H and O–H groups in total. The van der Waals surface area contributed by atoms with E-state index in [0.29, 0.717) is 12.0 Å². The Labute approximate surface area is 114 Å². The molecule has 1 aromatic carbocycles. The van der Waals surface area contributed by atoms with E-state index >= 15 is 0 Å². The van der Waals surface area contributed by atoms with Crippen molar-refractivity contribution in [3.05, 3.63) is 29.6 Å². The van der Waals surface area contributed by atoms with Gasteiger partial charge in [-0.15, -0.1) is 11.6 Å². The third-order valence-corrected chi connectivity index (χ3v) is 3.87. The molecule has 2 unspecified atom stereocenters. The molecule has 0 radical (unpaired) electrons. The Hall–Kier alpha value is -1.02. The number of hydrogen-bond acceptors (Lipinski definition) is 1. The van der Waals surface area contributed by atoms with Crippen LogP contribution in [0.25, 0.3) is 11.0 Å². The van der Waals surface area contributed by atoms with E-state index < -0.39 is 0 Å². The van der Waals surface area contributed by atoms with Gasteiger partial charge < -0.3 is 4.57 Å². The van der Waals surface area contributed by atoms with Crippen LogP contribution >= 0.6 is 11.6 Å². The number of fused-ring (bicyclic) bond motifs is 1. The van der Waals surface area contributed by atoms with Crippen LogP contribution < -0.4 is 0 Å². The summed E-state index contributed by atoms with van der Waals surface area (Å²) in [7, 11) is 0. The highest BCUT2D eigenvalue weighted by atomic mass is 35.5. The molecule has 0 aliphatic heterocycles. The van der Waals surface area contributed by atoms with E-state index in [1.54, 1.807) is 0 Å². The van der Waals surface area contributed by atoms with Crippen LogP contribution in [-0.2, 0) is 0 Å². The second kappa shape index (κ2) is 4.93. The monoisotopic (exact) mass is 264 g/mol. The predicted molar refractivity (Wildman–Crippen MR) is 78.3 cm³/mol. The number of rotatable bonds is 3. The minimum absolute atomic E-state index is 0.0713. The van der Waals surface area contributed by atoms with Crippen molar-refractivity contribution in [1.29, 1.82) is 0 Å². The second-order valence-corrected chi connectivity index (χ2v) is 6.04. The summed E-state index contributed by atoms with van der Waals surface area (Å²) in [6.45, 7) is 10.8. The molecule has 2 aromatic rings. The Kier molecular flexibility index (Phi) is 3.67. The third kappa shape index (κ3) is 2.14. The molecule has 0 spiro atoms. The van der Waals surface area contributed by atoms with E-state index in [4.69, 9.17) is 16.6 Å². The number of nitrogens with zero attached hydrogens (tertiary/aromatic N) is 2. The van der Waals surface area contributed by atoms with Gasteiger partial charge in [0.15, 0.2) is 0 Å². The normalized spacial score (nSPS) is 15.3. The molecule has 0 fully saturated rings. The summed E-state index contributed by atoms with van der Waals surface area (Å²) in [5.41, 5.74) is 3.48. The Balaban J connectivity index is 2.75. The van der Waals surface area contributed by atoms with Crippen LogP contribution in [0.15, 0.2) is 18.2 Å². The number of benzene rings is 1. The molecule has 2 rings (SSSR count). The number of imidazole rings is 1. The molecule has 0 amide bonds. The van der Waals surface area contributed by atoms with E-state index in [1.807, 2.05) is 6.92 Å². The highest BCUT2D eigenvalue weighted by molar-refractivity contribution is 6.20. The molecule has 98 valence electrons. The average molecular weight is 265 g/mol. The maximum atomic E-state index is 6.30. The fraction of sp³-hybridized carbons (Fsp3) is 0.533. The van der Waals surface area contributed by atoms with Crippen LogP contribution in [0.4, 0.5) is 0 Å². The maximum absolute atomic E-state index is 6.30. The zero-order valence-electron chi connectivity index (χ0n) is 11.7. The highest BCUT2D eigenvalue weighted by Crippen LogP contribution is 2.31. The lowest BCUT2D eigenvalue weighted by atomic mass is 10.1. The molecule has 0 saturated carbocycles. The van der Waals surface area contributed by atoms with Crippen molar-refractivity contribution in [2.75, 3.05) is 0 Å². The summed E-state index contributed by atoms with van der Waals surface area (Å²) < 4.78 is 2.30. The van der Waals surface area contributed by atoms with Crippen molar-refractivity contribution in [2.45, 2.75) is 46.0 Å². The van der Waals surface area contributed by atoms with Gasteiger partial charge in [-0.05, 0) is 38.3 Å². The van der Waals surface area contributed by atoms with E-state index in [9.17, 15) is 0 Å². The van der Waals surface area contributed by atoms with Crippen LogP contribution in [0.1, 0.15) is 50.5 Å². The van der Waals surface area contributed by atoms with Crippen molar-refractivity contribution in [1.82, 2.24) is 9.55 Å². The minimum Gasteiger partial charge on any atom is -0.324 e. The maximum Gasteiger partial charge on any atom is 0.127 e. The average Bonchev–Trinajstić information content (AvgIpc) is 2.68. The Morgan fingerprint density at radius 1 is 1.17 bits per heavy atom. The van der Waals surface area contributed by atoms with Gasteiger partial charge in [0, 0.05) is 6.04 Å². The van der Waals surface area contributed by atoms with Crippen LogP contribution in [-0.4, -0.2) is 9.55 Å².